The number of carbonyl (C=O) groups is 1. The molecule has 10 nitrogen and oxygen atoms in total. The molecule has 3 heterocycles. The molecule has 4 atom stereocenters. The molecule has 13 heteroatoms. The number of aliphatic imine (C=N–C) groups is 2. The number of rotatable bonds is 2. The van der Waals surface area contributed by atoms with Gasteiger partial charge in [0.05, 0.1) is 13.1 Å². The molecule has 1 fully saturated rings. The minimum Gasteiger partial charge on any atom is -0.454 e. The summed E-state index contributed by atoms with van der Waals surface area (Å²) in [5.74, 6) is -1.11. The highest BCUT2D eigenvalue weighted by Gasteiger charge is 2.74. The van der Waals surface area contributed by atoms with Crippen LogP contribution in [-0.4, -0.2) is 80.8 Å². The number of guanidine groups is 2. The number of halogens is 3. The number of carbonyl (C=O) groups excluding carboxylic acids is 1. The summed E-state index contributed by atoms with van der Waals surface area (Å²) in [5.41, 5.74) is 7.50. The number of nitrogens with zero attached hydrogens (tertiary/aromatic N) is 4. The molecule has 0 aromatic rings. The molecule has 1 aliphatic carbocycles. The molecular formula is C17H21F3N6O4. The van der Waals surface area contributed by atoms with Gasteiger partial charge in [-0.1, -0.05) is 12.2 Å². The fourth-order valence-corrected chi connectivity index (χ4v) is 4.56. The van der Waals surface area contributed by atoms with Gasteiger partial charge < -0.3 is 26.2 Å². The van der Waals surface area contributed by atoms with Crippen molar-refractivity contribution in [2.24, 2.45) is 21.5 Å². The monoisotopic (exact) mass is 430 g/mol. The minimum atomic E-state index is -4.46. The number of ether oxygens (including phenoxy) is 1. The van der Waals surface area contributed by atoms with Gasteiger partial charge in [-0.3, -0.25) is 10.2 Å². The summed E-state index contributed by atoms with van der Waals surface area (Å²) in [7, 11) is 0. The first-order chi connectivity index (χ1) is 13.9. The van der Waals surface area contributed by atoms with Crippen LogP contribution in [0.15, 0.2) is 33.3 Å². The van der Waals surface area contributed by atoms with E-state index in [1.807, 2.05) is 0 Å². The van der Waals surface area contributed by atoms with E-state index in [2.05, 4.69) is 9.98 Å². The van der Waals surface area contributed by atoms with Gasteiger partial charge in [0.2, 0.25) is 5.96 Å². The Morgan fingerprint density at radius 1 is 1.30 bits per heavy atom. The Morgan fingerprint density at radius 2 is 2.00 bits per heavy atom. The van der Waals surface area contributed by atoms with Crippen LogP contribution in [0, 0.1) is 0 Å². The third-order valence-corrected chi connectivity index (χ3v) is 6.15. The molecule has 3 aliphatic heterocycles. The molecule has 2 unspecified atom stereocenters. The van der Waals surface area contributed by atoms with E-state index < -0.39 is 41.1 Å². The molecule has 1 spiro atoms. The third kappa shape index (κ3) is 2.61. The number of hydrogen-bond donors (Lipinski definition) is 4. The lowest BCUT2D eigenvalue weighted by Crippen LogP contribution is -2.75. The van der Waals surface area contributed by atoms with E-state index in [9.17, 15) is 28.3 Å². The summed E-state index contributed by atoms with van der Waals surface area (Å²) < 4.78 is 43.8. The zero-order chi connectivity index (χ0) is 22.1. The quantitative estimate of drug-likeness (QED) is 0.432. The van der Waals surface area contributed by atoms with Gasteiger partial charge in [0.15, 0.2) is 17.7 Å². The molecule has 0 radical (unpaired) electrons. The number of hydrogen-bond acceptors (Lipinski definition) is 10. The first kappa shape index (κ1) is 20.5. The third-order valence-electron chi connectivity index (χ3n) is 6.15. The summed E-state index contributed by atoms with van der Waals surface area (Å²) in [6, 6.07) is -0.778. The standard InChI is InChI=1S/C17H21F3N6O4/c1-15(28)11(30-12(27)8-2-4-9(5-3-8)17(18,19)20)7-25-13(21)23-6-10-16(15,25)26(29)14(22)24-10/h2,4,10-11,28-29H,3,5-7H2,1H3,(H2,21,23)(H2,22,24)/t10?,11-,15-,16?/m0/s1. The van der Waals surface area contributed by atoms with E-state index in [0.717, 1.165) is 12.2 Å². The first-order valence-corrected chi connectivity index (χ1v) is 9.21. The normalized spacial score (nSPS) is 35.8. The van der Waals surface area contributed by atoms with Gasteiger partial charge >= 0.3 is 12.1 Å². The van der Waals surface area contributed by atoms with Gasteiger partial charge in [0.1, 0.15) is 11.6 Å². The van der Waals surface area contributed by atoms with Gasteiger partial charge in [0, 0.05) is 11.1 Å². The molecule has 0 aromatic carbocycles. The molecular weight excluding hydrogens is 409 g/mol. The molecule has 1 saturated heterocycles. The van der Waals surface area contributed by atoms with Crippen molar-refractivity contribution in [2.75, 3.05) is 13.1 Å². The Kier molecular flexibility index (Phi) is 4.33. The van der Waals surface area contributed by atoms with Crippen molar-refractivity contribution in [3.63, 3.8) is 0 Å². The SMILES string of the molecule is C[C@]1(O)[C@@H](OC(=O)C2=CC=C(C(F)(F)F)CC2)CN2C(N)=NCC3N=C(N)N(O)C321. The zero-order valence-electron chi connectivity index (χ0n) is 15.9. The summed E-state index contributed by atoms with van der Waals surface area (Å²) in [4.78, 5) is 22.2. The second kappa shape index (κ2) is 6.35. The molecule has 30 heavy (non-hydrogen) atoms. The largest absolute Gasteiger partial charge is 0.454 e. The fraction of sp³-hybridized carbons (Fsp3) is 0.588. The van der Waals surface area contributed by atoms with Crippen LogP contribution in [-0.2, 0) is 9.53 Å². The number of aliphatic hydroxyl groups is 1. The molecule has 164 valence electrons. The lowest BCUT2D eigenvalue weighted by atomic mass is 9.82. The average Bonchev–Trinajstić information content (AvgIpc) is 3.07. The predicted molar refractivity (Wildman–Crippen MR) is 96.9 cm³/mol. The first-order valence-electron chi connectivity index (χ1n) is 9.21. The Balaban J connectivity index is 1.60. The van der Waals surface area contributed by atoms with Crippen LogP contribution < -0.4 is 11.5 Å². The number of hydroxylamine groups is 2. The number of alkyl halides is 3. The lowest BCUT2D eigenvalue weighted by Gasteiger charge is -2.50. The van der Waals surface area contributed by atoms with Crippen molar-refractivity contribution in [1.82, 2.24) is 9.96 Å². The van der Waals surface area contributed by atoms with E-state index >= 15 is 0 Å². The fourth-order valence-electron chi connectivity index (χ4n) is 4.56. The van der Waals surface area contributed by atoms with Crippen LogP contribution in [0.4, 0.5) is 13.2 Å². The average molecular weight is 430 g/mol. The Labute approximate surface area is 168 Å². The van der Waals surface area contributed by atoms with Gasteiger partial charge in [-0.25, -0.2) is 9.79 Å². The Morgan fingerprint density at radius 3 is 2.60 bits per heavy atom. The predicted octanol–water partition coefficient (Wildman–Crippen LogP) is -0.414. The van der Waals surface area contributed by atoms with Crippen LogP contribution in [0.2, 0.25) is 0 Å². The lowest BCUT2D eigenvalue weighted by molar-refractivity contribution is -0.228. The molecule has 0 aromatic heterocycles. The number of esters is 1. The molecule has 6 N–H and O–H groups in total. The van der Waals surface area contributed by atoms with E-state index in [0.29, 0.717) is 5.06 Å². The maximum Gasteiger partial charge on any atom is 0.412 e. The number of nitrogens with two attached hydrogens (primary N) is 2. The van der Waals surface area contributed by atoms with Gasteiger partial charge in [-0.2, -0.15) is 18.2 Å². The van der Waals surface area contributed by atoms with Crippen molar-refractivity contribution >= 4 is 17.9 Å². The maximum absolute atomic E-state index is 12.8. The second-order valence-electron chi connectivity index (χ2n) is 7.77. The summed E-state index contributed by atoms with van der Waals surface area (Å²) >= 11 is 0. The highest BCUT2D eigenvalue weighted by atomic mass is 19.4. The molecule has 4 rings (SSSR count). The van der Waals surface area contributed by atoms with Crippen molar-refractivity contribution in [3.05, 3.63) is 23.3 Å². The summed E-state index contributed by atoms with van der Waals surface area (Å²) in [6.07, 6.45) is -4.24. The van der Waals surface area contributed by atoms with Crippen molar-refractivity contribution in [1.29, 1.82) is 0 Å². The Bertz CT molecular complexity index is 912. The van der Waals surface area contributed by atoms with Crippen LogP contribution in [0.25, 0.3) is 0 Å². The highest BCUT2D eigenvalue weighted by Crippen LogP contribution is 2.49. The van der Waals surface area contributed by atoms with E-state index in [1.54, 1.807) is 0 Å². The smallest absolute Gasteiger partial charge is 0.412 e. The van der Waals surface area contributed by atoms with Crippen molar-refractivity contribution < 1.29 is 33.0 Å². The molecule has 4 aliphatic rings. The van der Waals surface area contributed by atoms with Gasteiger partial charge in [0.25, 0.3) is 0 Å². The van der Waals surface area contributed by atoms with Crippen LogP contribution in [0.1, 0.15) is 19.8 Å². The maximum atomic E-state index is 12.8. The Hall–Kier alpha value is -2.80. The number of allylic oxidation sites excluding steroid dienone is 3. The van der Waals surface area contributed by atoms with E-state index in [1.165, 1.54) is 11.8 Å². The molecule has 0 saturated carbocycles. The second-order valence-corrected chi connectivity index (χ2v) is 7.77. The summed E-state index contributed by atoms with van der Waals surface area (Å²) in [5, 5.41) is 22.6. The van der Waals surface area contributed by atoms with E-state index in [4.69, 9.17) is 16.2 Å². The minimum absolute atomic E-state index is 0.00339. The van der Waals surface area contributed by atoms with Crippen molar-refractivity contribution in [2.45, 2.75) is 49.4 Å². The van der Waals surface area contributed by atoms with Gasteiger partial charge in [-0.15, -0.1) is 0 Å². The van der Waals surface area contributed by atoms with Crippen LogP contribution in [0.3, 0.4) is 0 Å². The van der Waals surface area contributed by atoms with E-state index in [-0.39, 0.29) is 43.4 Å². The van der Waals surface area contributed by atoms with Crippen LogP contribution >= 0.6 is 0 Å². The molecule has 0 bridgehead atoms. The summed E-state index contributed by atoms with van der Waals surface area (Å²) in [6.45, 7) is 1.28. The molecule has 0 amide bonds. The van der Waals surface area contributed by atoms with Crippen LogP contribution in [0.5, 0.6) is 0 Å². The topological polar surface area (TPSA) is 150 Å². The zero-order valence-corrected chi connectivity index (χ0v) is 15.9. The van der Waals surface area contributed by atoms with Gasteiger partial charge in [-0.05, 0) is 19.8 Å². The van der Waals surface area contributed by atoms with Crippen molar-refractivity contribution in [3.8, 4) is 0 Å². The highest BCUT2D eigenvalue weighted by molar-refractivity contribution is 5.90.